The van der Waals surface area contributed by atoms with Crippen LogP contribution in [0.4, 0.5) is 0 Å². The van der Waals surface area contributed by atoms with Crippen LogP contribution in [-0.4, -0.2) is 36.4 Å². The fraction of sp³-hybridized carbons (Fsp3) is 0.235. The Balaban J connectivity index is 1.90. The van der Waals surface area contributed by atoms with Crippen molar-refractivity contribution in [1.82, 2.24) is 4.90 Å². The zero-order valence-corrected chi connectivity index (χ0v) is 17.4. The summed E-state index contributed by atoms with van der Waals surface area (Å²) in [5.41, 5.74) is -0.193. The minimum atomic E-state index is -4.01. The van der Waals surface area contributed by atoms with E-state index in [2.05, 4.69) is 4.99 Å². The van der Waals surface area contributed by atoms with Crippen LogP contribution in [0, 0.1) is 0 Å². The van der Waals surface area contributed by atoms with Crippen molar-refractivity contribution in [3.05, 3.63) is 63.6 Å². The Morgan fingerprint density at radius 3 is 2.63 bits per heavy atom. The predicted octanol–water partition coefficient (Wildman–Crippen LogP) is 3.02. The lowest BCUT2D eigenvalue weighted by Gasteiger charge is -2.31. The van der Waals surface area contributed by atoms with Crippen LogP contribution >= 0.6 is 35.0 Å². The number of halogens is 2. The predicted molar refractivity (Wildman–Crippen MR) is 110 cm³/mol. The van der Waals surface area contributed by atoms with Crippen molar-refractivity contribution in [3.8, 4) is 0 Å². The Morgan fingerprint density at radius 2 is 1.96 bits per heavy atom. The summed E-state index contributed by atoms with van der Waals surface area (Å²) in [4.78, 5) is 5.91. The number of thioether (sulfide) groups is 1. The van der Waals surface area contributed by atoms with Gasteiger partial charge in [-0.05, 0) is 23.8 Å². The number of aliphatic imine (C=N–C) groups is 1. The van der Waals surface area contributed by atoms with E-state index in [1.165, 1.54) is 23.9 Å². The molecule has 10 heteroatoms. The number of primary sulfonamides is 1. The molecule has 144 valence electrons. The van der Waals surface area contributed by atoms with Crippen molar-refractivity contribution in [2.45, 2.75) is 17.2 Å². The summed E-state index contributed by atoms with van der Waals surface area (Å²) in [6.07, 6.45) is 0. The molecule has 1 heterocycles. The second kappa shape index (κ2) is 7.62. The zero-order chi connectivity index (χ0) is 19.8. The molecule has 0 spiro atoms. The normalized spacial score (nSPS) is 21.8. The first-order valence-electron chi connectivity index (χ1n) is 7.82. The summed E-state index contributed by atoms with van der Waals surface area (Å²) in [5, 5.41) is 17.6. The van der Waals surface area contributed by atoms with Crippen LogP contribution in [0.1, 0.15) is 11.1 Å². The average Bonchev–Trinajstić information content (AvgIpc) is 2.90. The van der Waals surface area contributed by atoms with Gasteiger partial charge in [0.25, 0.3) is 0 Å². The largest absolute Gasteiger partial charge is 0.366 e. The van der Waals surface area contributed by atoms with Gasteiger partial charge in [0.05, 0.1) is 17.3 Å². The van der Waals surface area contributed by atoms with E-state index >= 15 is 0 Å². The van der Waals surface area contributed by atoms with Gasteiger partial charge in [-0.15, -0.1) is 0 Å². The SMILES string of the molecule is CN1C(=NCc2ccccc2Cl)SCC1(O)c1ccc(Cl)c(S(N)(=O)=O)c1. The highest BCUT2D eigenvalue weighted by molar-refractivity contribution is 8.14. The molecule has 0 bridgehead atoms. The van der Waals surface area contributed by atoms with Crippen molar-refractivity contribution in [3.63, 3.8) is 0 Å². The van der Waals surface area contributed by atoms with Gasteiger partial charge in [0.1, 0.15) is 4.90 Å². The molecule has 0 amide bonds. The fourth-order valence-electron chi connectivity index (χ4n) is 2.70. The lowest BCUT2D eigenvalue weighted by Crippen LogP contribution is -2.42. The van der Waals surface area contributed by atoms with Crippen molar-refractivity contribution >= 4 is 50.2 Å². The van der Waals surface area contributed by atoms with Gasteiger partial charge in [-0.25, -0.2) is 13.6 Å². The highest BCUT2D eigenvalue weighted by atomic mass is 35.5. The molecule has 1 fully saturated rings. The third kappa shape index (κ3) is 4.11. The first kappa shape index (κ1) is 20.4. The first-order chi connectivity index (χ1) is 12.6. The van der Waals surface area contributed by atoms with E-state index in [9.17, 15) is 13.5 Å². The number of hydrogen-bond donors (Lipinski definition) is 2. The standard InChI is InChI=1S/C17H17Cl2N3O3S2/c1-22-16(21-9-11-4-2-3-5-13(11)18)26-10-17(22,23)12-6-7-14(19)15(8-12)27(20,24)25/h2-8,23H,9-10H2,1H3,(H2,20,24,25). The van der Waals surface area contributed by atoms with E-state index in [0.717, 1.165) is 5.56 Å². The van der Waals surface area contributed by atoms with E-state index < -0.39 is 15.7 Å². The van der Waals surface area contributed by atoms with Crippen LogP contribution in [0.25, 0.3) is 0 Å². The van der Waals surface area contributed by atoms with Gasteiger partial charge in [0.15, 0.2) is 10.9 Å². The highest BCUT2D eigenvalue weighted by Crippen LogP contribution is 2.39. The molecule has 2 aromatic carbocycles. The molecule has 3 rings (SSSR count). The van der Waals surface area contributed by atoms with Crippen molar-refractivity contribution < 1.29 is 13.5 Å². The summed E-state index contributed by atoms with van der Waals surface area (Å²) in [7, 11) is -2.32. The van der Waals surface area contributed by atoms with Crippen molar-refractivity contribution in [2.75, 3.05) is 12.8 Å². The van der Waals surface area contributed by atoms with Gasteiger partial charge < -0.3 is 10.0 Å². The van der Waals surface area contributed by atoms with Gasteiger partial charge in [-0.2, -0.15) is 0 Å². The summed E-state index contributed by atoms with van der Waals surface area (Å²) in [6.45, 7) is 0.367. The van der Waals surface area contributed by atoms with Crippen molar-refractivity contribution in [2.24, 2.45) is 10.1 Å². The van der Waals surface area contributed by atoms with E-state index in [4.69, 9.17) is 28.3 Å². The van der Waals surface area contributed by atoms with E-state index in [0.29, 0.717) is 22.3 Å². The smallest absolute Gasteiger partial charge is 0.239 e. The molecule has 0 aliphatic carbocycles. The quantitative estimate of drug-likeness (QED) is 0.753. The average molecular weight is 446 g/mol. The number of amidine groups is 1. The molecule has 1 aliphatic rings. The van der Waals surface area contributed by atoms with Gasteiger partial charge in [-0.1, -0.05) is 59.2 Å². The molecule has 0 saturated carbocycles. The third-order valence-electron chi connectivity index (χ3n) is 4.29. The molecule has 0 radical (unpaired) electrons. The summed E-state index contributed by atoms with van der Waals surface area (Å²) < 4.78 is 23.4. The number of hydrogen-bond acceptors (Lipinski definition) is 5. The number of nitrogens with zero attached hydrogens (tertiary/aromatic N) is 2. The second-order valence-electron chi connectivity index (χ2n) is 6.04. The third-order valence-corrected chi connectivity index (χ3v) is 7.26. The Bertz CT molecular complexity index is 1010. The van der Waals surface area contributed by atoms with Gasteiger partial charge in [0.2, 0.25) is 10.0 Å². The number of sulfonamides is 1. The Kier molecular flexibility index (Phi) is 5.77. The Labute approximate surface area is 172 Å². The lowest BCUT2D eigenvalue weighted by molar-refractivity contribution is -0.0350. The molecule has 1 atom stereocenters. The number of rotatable bonds is 4. The molecular formula is C17H17Cl2N3O3S2. The summed E-state index contributed by atoms with van der Waals surface area (Å²) in [5.74, 6) is 0.274. The molecule has 1 unspecified atom stereocenters. The Hall–Kier alpha value is -1.29. The molecule has 2 aromatic rings. The minimum Gasteiger partial charge on any atom is -0.366 e. The van der Waals surface area contributed by atoms with Crippen LogP contribution < -0.4 is 5.14 Å². The van der Waals surface area contributed by atoms with Crippen LogP contribution in [0.5, 0.6) is 0 Å². The fourth-order valence-corrected chi connectivity index (χ4v) is 5.15. The van der Waals surface area contributed by atoms with Crippen LogP contribution in [-0.2, 0) is 22.3 Å². The Morgan fingerprint density at radius 1 is 1.26 bits per heavy atom. The first-order valence-corrected chi connectivity index (χ1v) is 11.1. The van der Waals surface area contributed by atoms with Gasteiger partial charge >= 0.3 is 0 Å². The number of nitrogens with two attached hydrogens (primary N) is 1. The maximum atomic E-state index is 11.7. The van der Waals surface area contributed by atoms with E-state index in [-0.39, 0.29) is 15.7 Å². The van der Waals surface area contributed by atoms with E-state index in [1.807, 2.05) is 18.2 Å². The van der Waals surface area contributed by atoms with E-state index in [1.54, 1.807) is 24.1 Å². The maximum absolute atomic E-state index is 11.7. The molecule has 6 nitrogen and oxygen atoms in total. The molecule has 1 aliphatic heterocycles. The summed E-state index contributed by atoms with van der Waals surface area (Å²) >= 11 is 13.5. The van der Waals surface area contributed by atoms with Crippen LogP contribution in [0.3, 0.4) is 0 Å². The number of benzene rings is 2. The maximum Gasteiger partial charge on any atom is 0.239 e. The molecular weight excluding hydrogens is 429 g/mol. The molecule has 27 heavy (non-hydrogen) atoms. The highest BCUT2D eigenvalue weighted by Gasteiger charge is 2.43. The van der Waals surface area contributed by atoms with Crippen LogP contribution in [0.15, 0.2) is 52.4 Å². The molecule has 3 N–H and O–H groups in total. The topological polar surface area (TPSA) is 96.0 Å². The minimum absolute atomic E-state index is 0.00534. The molecule has 0 aromatic heterocycles. The van der Waals surface area contributed by atoms with Gasteiger partial charge in [0, 0.05) is 17.6 Å². The number of aliphatic hydroxyl groups is 1. The summed E-state index contributed by atoms with van der Waals surface area (Å²) in [6, 6.07) is 11.7. The van der Waals surface area contributed by atoms with Gasteiger partial charge in [-0.3, -0.25) is 4.99 Å². The monoisotopic (exact) mass is 445 g/mol. The zero-order valence-electron chi connectivity index (χ0n) is 14.3. The second-order valence-corrected chi connectivity index (χ2v) is 9.33. The molecule has 1 saturated heterocycles. The lowest BCUT2D eigenvalue weighted by atomic mass is 10.0. The van der Waals surface area contributed by atoms with Crippen LogP contribution in [0.2, 0.25) is 10.0 Å². The van der Waals surface area contributed by atoms with Crippen molar-refractivity contribution in [1.29, 1.82) is 0 Å².